The number of hydrogen-bond acceptors (Lipinski definition) is 2. The molecule has 1 heterocycles. The SMILES string of the molecule is CC.c1cncc(OCC2CC2)c1. The van der Waals surface area contributed by atoms with Gasteiger partial charge in [-0.1, -0.05) is 13.8 Å². The Morgan fingerprint density at radius 1 is 1.46 bits per heavy atom. The summed E-state index contributed by atoms with van der Waals surface area (Å²) in [7, 11) is 0. The highest BCUT2D eigenvalue weighted by Crippen LogP contribution is 2.29. The van der Waals surface area contributed by atoms with Crippen LogP contribution < -0.4 is 4.74 Å². The zero-order valence-corrected chi connectivity index (χ0v) is 8.36. The number of nitrogens with zero attached hydrogens (tertiary/aromatic N) is 1. The molecule has 0 aliphatic heterocycles. The second-order valence-corrected chi connectivity index (χ2v) is 2.94. The fourth-order valence-electron chi connectivity index (χ4n) is 0.931. The van der Waals surface area contributed by atoms with Crippen LogP contribution in [0.1, 0.15) is 26.7 Å². The highest BCUT2D eigenvalue weighted by molar-refractivity contribution is 5.15. The van der Waals surface area contributed by atoms with Crippen LogP contribution in [-0.4, -0.2) is 11.6 Å². The molecule has 2 heteroatoms. The Morgan fingerprint density at radius 3 is 2.77 bits per heavy atom. The predicted octanol–water partition coefficient (Wildman–Crippen LogP) is 2.90. The zero-order chi connectivity index (χ0) is 9.52. The molecule has 0 aromatic carbocycles. The van der Waals surface area contributed by atoms with Crippen molar-refractivity contribution in [3.63, 3.8) is 0 Å². The van der Waals surface area contributed by atoms with Crippen molar-refractivity contribution in [2.75, 3.05) is 6.61 Å². The topological polar surface area (TPSA) is 22.1 Å². The lowest BCUT2D eigenvalue weighted by molar-refractivity contribution is 0.298. The summed E-state index contributed by atoms with van der Waals surface area (Å²) in [5.41, 5.74) is 0. The second kappa shape index (κ2) is 5.57. The lowest BCUT2D eigenvalue weighted by Gasteiger charge is -2.02. The molecule has 1 fully saturated rings. The van der Waals surface area contributed by atoms with Gasteiger partial charge in [-0.3, -0.25) is 4.98 Å². The molecule has 2 rings (SSSR count). The first-order chi connectivity index (χ1) is 6.45. The Kier molecular flexibility index (Phi) is 4.30. The molecule has 0 spiro atoms. The molecule has 0 bridgehead atoms. The summed E-state index contributed by atoms with van der Waals surface area (Å²) in [5.74, 6) is 1.70. The smallest absolute Gasteiger partial charge is 0.137 e. The van der Waals surface area contributed by atoms with Crippen molar-refractivity contribution in [3.8, 4) is 5.75 Å². The van der Waals surface area contributed by atoms with E-state index in [0.717, 1.165) is 18.3 Å². The van der Waals surface area contributed by atoms with Gasteiger partial charge in [-0.2, -0.15) is 0 Å². The van der Waals surface area contributed by atoms with E-state index in [-0.39, 0.29) is 0 Å². The molecular formula is C11H17NO. The van der Waals surface area contributed by atoms with Crippen LogP contribution in [0.25, 0.3) is 0 Å². The molecule has 0 atom stereocenters. The van der Waals surface area contributed by atoms with Gasteiger partial charge >= 0.3 is 0 Å². The van der Waals surface area contributed by atoms with E-state index in [4.69, 9.17) is 4.74 Å². The van der Waals surface area contributed by atoms with Crippen LogP contribution in [0.5, 0.6) is 5.75 Å². The molecule has 1 saturated carbocycles. The van der Waals surface area contributed by atoms with Crippen LogP contribution in [0.4, 0.5) is 0 Å². The van der Waals surface area contributed by atoms with Gasteiger partial charge in [0.25, 0.3) is 0 Å². The monoisotopic (exact) mass is 179 g/mol. The van der Waals surface area contributed by atoms with Crippen LogP contribution in [0, 0.1) is 5.92 Å². The molecular weight excluding hydrogens is 162 g/mol. The molecule has 0 N–H and O–H groups in total. The first-order valence-electron chi connectivity index (χ1n) is 4.98. The van der Waals surface area contributed by atoms with Gasteiger partial charge in [0.1, 0.15) is 5.75 Å². The maximum atomic E-state index is 5.47. The third-order valence-corrected chi connectivity index (χ3v) is 1.82. The van der Waals surface area contributed by atoms with Crippen molar-refractivity contribution < 1.29 is 4.74 Å². The van der Waals surface area contributed by atoms with Crippen LogP contribution in [-0.2, 0) is 0 Å². The van der Waals surface area contributed by atoms with Crippen molar-refractivity contribution in [2.24, 2.45) is 5.92 Å². The largest absolute Gasteiger partial charge is 0.492 e. The zero-order valence-electron chi connectivity index (χ0n) is 8.36. The number of aromatic nitrogens is 1. The van der Waals surface area contributed by atoms with Crippen molar-refractivity contribution >= 4 is 0 Å². The number of pyridine rings is 1. The van der Waals surface area contributed by atoms with Gasteiger partial charge in [-0.05, 0) is 30.9 Å². The minimum atomic E-state index is 0.815. The van der Waals surface area contributed by atoms with E-state index in [0.29, 0.717) is 0 Å². The third-order valence-electron chi connectivity index (χ3n) is 1.82. The lowest BCUT2D eigenvalue weighted by Crippen LogP contribution is -1.98. The van der Waals surface area contributed by atoms with Crippen molar-refractivity contribution in [3.05, 3.63) is 24.5 Å². The summed E-state index contributed by atoms with van der Waals surface area (Å²) in [4.78, 5) is 3.96. The van der Waals surface area contributed by atoms with Gasteiger partial charge in [0, 0.05) is 6.20 Å². The van der Waals surface area contributed by atoms with Gasteiger partial charge in [-0.25, -0.2) is 0 Å². The van der Waals surface area contributed by atoms with Crippen LogP contribution >= 0.6 is 0 Å². The van der Waals surface area contributed by atoms with E-state index in [1.165, 1.54) is 12.8 Å². The molecule has 72 valence electrons. The Balaban J connectivity index is 0.000000396. The van der Waals surface area contributed by atoms with E-state index in [1.807, 2.05) is 26.0 Å². The summed E-state index contributed by atoms with van der Waals surface area (Å²) < 4.78 is 5.47. The summed E-state index contributed by atoms with van der Waals surface area (Å²) in [5, 5.41) is 0. The Labute approximate surface area is 80.0 Å². The van der Waals surface area contributed by atoms with Gasteiger partial charge in [0.2, 0.25) is 0 Å². The van der Waals surface area contributed by atoms with E-state index in [2.05, 4.69) is 4.98 Å². The van der Waals surface area contributed by atoms with Gasteiger partial charge in [0.15, 0.2) is 0 Å². The average molecular weight is 179 g/mol. The van der Waals surface area contributed by atoms with E-state index < -0.39 is 0 Å². The summed E-state index contributed by atoms with van der Waals surface area (Å²) in [6, 6.07) is 3.83. The lowest BCUT2D eigenvalue weighted by atomic mass is 10.4. The van der Waals surface area contributed by atoms with E-state index in [9.17, 15) is 0 Å². The quantitative estimate of drug-likeness (QED) is 0.711. The fraction of sp³-hybridized carbons (Fsp3) is 0.545. The molecule has 2 nitrogen and oxygen atoms in total. The molecule has 0 saturated heterocycles. The Morgan fingerprint density at radius 2 is 2.23 bits per heavy atom. The molecule has 0 amide bonds. The first-order valence-corrected chi connectivity index (χ1v) is 4.98. The van der Waals surface area contributed by atoms with Gasteiger partial charge in [-0.15, -0.1) is 0 Å². The fourth-order valence-corrected chi connectivity index (χ4v) is 0.931. The van der Waals surface area contributed by atoms with Crippen molar-refractivity contribution in [1.29, 1.82) is 0 Å². The summed E-state index contributed by atoms with van der Waals surface area (Å²) in [6.07, 6.45) is 6.17. The molecule has 13 heavy (non-hydrogen) atoms. The number of rotatable bonds is 3. The van der Waals surface area contributed by atoms with Crippen LogP contribution in [0.2, 0.25) is 0 Å². The summed E-state index contributed by atoms with van der Waals surface area (Å²) >= 11 is 0. The van der Waals surface area contributed by atoms with Crippen LogP contribution in [0.15, 0.2) is 24.5 Å². The molecule has 0 radical (unpaired) electrons. The van der Waals surface area contributed by atoms with Crippen molar-refractivity contribution in [2.45, 2.75) is 26.7 Å². The third kappa shape index (κ3) is 3.92. The second-order valence-electron chi connectivity index (χ2n) is 2.94. The number of hydrogen-bond donors (Lipinski definition) is 0. The molecule has 0 unspecified atom stereocenters. The van der Waals surface area contributed by atoms with Gasteiger partial charge < -0.3 is 4.74 Å². The van der Waals surface area contributed by atoms with Crippen LogP contribution in [0.3, 0.4) is 0 Å². The van der Waals surface area contributed by atoms with E-state index >= 15 is 0 Å². The maximum absolute atomic E-state index is 5.47. The first kappa shape index (κ1) is 10.0. The Bertz CT molecular complexity index is 219. The average Bonchev–Trinajstić information content (AvgIpc) is 3.03. The van der Waals surface area contributed by atoms with Crippen molar-refractivity contribution in [1.82, 2.24) is 4.98 Å². The standard InChI is InChI=1S/C9H11NO.C2H6/c1-2-9(6-10-5-1)11-7-8-3-4-8;1-2/h1-2,5-6,8H,3-4,7H2;1-2H3. The maximum Gasteiger partial charge on any atom is 0.137 e. The molecule has 1 aliphatic rings. The summed E-state index contributed by atoms with van der Waals surface area (Å²) in [6.45, 7) is 4.87. The highest BCUT2D eigenvalue weighted by atomic mass is 16.5. The minimum absolute atomic E-state index is 0.815. The van der Waals surface area contributed by atoms with E-state index in [1.54, 1.807) is 12.4 Å². The Hall–Kier alpha value is -1.05. The molecule has 1 aromatic rings. The number of ether oxygens (including phenoxy) is 1. The normalized spacial score (nSPS) is 14.3. The molecule has 1 aliphatic carbocycles. The predicted molar refractivity (Wildman–Crippen MR) is 53.8 cm³/mol. The minimum Gasteiger partial charge on any atom is -0.492 e. The molecule has 1 aromatic heterocycles. The van der Waals surface area contributed by atoms with Gasteiger partial charge in [0.05, 0.1) is 12.8 Å². The highest BCUT2D eigenvalue weighted by Gasteiger charge is 2.21.